The Balaban J connectivity index is 2.03. The van der Waals surface area contributed by atoms with Crippen LogP contribution in [-0.2, 0) is 0 Å². The molecule has 0 atom stereocenters. The van der Waals surface area contributed by atoms with Crippen molar-refractivity contribution in [3.05, 3.63) is 35.6 Å². The van der Waals surface area contributed by atoms with Gasteiger partial charge in [0.05, 0.1) is 5.54 Å². The molecule has 16 heavy (non-hydrogen) atoms. The lowest BCUT2D eigenvalue weighted by atomic mass is 9.88. The number of amides is 1. The van der Waals surface area contributed by atoms with E-state index in [0.29, 0.717) is 18.7 Å². The molecule has 1 fully saturated rings. The van der Waals surface area contributed by atoms with Gasteiger partial charge in [0.15, 0.2) is 0 Å². The van der Waals surface area contributed by atoms with Gasteiger partial charge in [-0.15, -0.1) is 0 Å². The van der Waals surface area contributed by atoms with Crippen molar-refractivity contribution < 1.29 is 9.18 Å². The monoisotopic (exact) mass is 222 g/mol. The summed E-state index contributed by atoms with van der Waals surface area (Å²) < 4.78 is 12.7. The summed E-state index contributed by atoms with van der Waals surface area (Å²) in [4.78, 5) is 13.6. The fourth-order valence-electron chi connectivity index (χ4n) is 1.86. The summed E-state index contributed by atoms with van der Waals surface area (Å²) in [7, 11) is 0. The minimum absolute atomic E-state index is 0.0745. The summed E-state index contributed by atoms with van der Waals surface area (Å²) >= 11 is 0. The Labute approximate surface area is 94.0 Å². The maximum atomic E-state index is 12.7. The highest BCUT2D eigenvalue weighted by molar-refractivity contribution is 5.94. The van der Waals surface area contributed by atoms with E-state index in [-0.39, 0.29) is 17.3 Å². The first-order chi connectivity index (χ1) is 7.54. The van der Waals surface area contributed by atoms with Gasteiger partial charge in [0, 0.05) is 18.7 Å². The zero-order valence-corrected chi connectivity index (χ0v) is 9.24. The molecule has 1 aliphatic heterocycles. The lowest BCUT2D eigenvalue weighted by molar-refractivity contribution is 0.0401. The maximum absolute atomic E-state index is 12.7. The topological polar surface area (TPSA) is 46.3 Å². The quantitative estimate of drug-likeness (QED) is 0.822. The second kappa shape index (κ2) is 3.87. The minimum Gasteiger partial charge on any atom is -0.335 e. The van der Waals surface area contributed by atoms with E-state index in [0.717, 1.165) is 6.42 Å². The number of rotatable bonds is 2. The number of carbonyl (C=O) groups is 1. The van der Waals surface area contributed by atoms with Crippen molar-refractivity contribution in [1.82, 2.24) is 4.90 Å². The Bertz CT molecular complexity index is 396. The molecule has 2 rings (SSSR count). The van der Waals surface area contributed by atoms with Crippen molar-refractivity contribution in [3.63, 3.8) is 0 Å². The van der Waals surface area contributed by atoms with Crippen LogP contribution in [0.25, 0.3) is 0 Å². The van der Waals surface area contributed by atoms with Gasteiger partial charge < -0.3 is 10.6 Å². The van der Waals surface area contributed by atoms with Gasteiger partial charge in [0.2, 0.25) is 0 Å². The summed E-state index contributed by atoms with van der Waals surface area (Å²) in [6.07, 6.45) is 0.861. The molecular formula is C12H15FN2O. The van der Waals surface area contributed by atoms with Gasteiger partial charge in [-0.2, -0.15) is 0 Å². The number of halogens is 1. The molecular weight excluding hydrogens is 207 g/mol. The van der Waals surface area contributed by atoms with E-state index in [2.05, 4.69) is 0 Å². The van der Waals surface area contributed by atoms with Crippen LogP contribution in [0.4, 0.5) is 4.39 Å². The molecule has 0 spiro atoms. The number of benzene rings is 1. The van der Waals surface area contributed by atoms with Gasteiger partial charge in [-0.25, -0.2) is 4.39 Å². The number of likely N-dealkylation sites (tertiary alicyclic amines) is 1. The third-order valence-electron chi connectivity index (χ3n) is 3.09. The highest BCUT2D eigenvalue weighted by atomic mass is 19.1. The molecule has 3 nitrogen and oxygen atoms in total. The van der Waals surface area contributed by atoms with Crippen LogP contribution in [0.1, 0.15) is 23.7 Å². The van der Waals surface area contributed by atoms with Crippen LogP contribution in [0.5, 0.6) is 0 Å². The molecule has 1 heterocycles. The van der Waals surface area contributed by atoms with Gasteiger partial charge >= 0.3 is 0 Å². The third kappa shape index (κ3) is 1.93. The molecule has 0 saturated carbocycles. The van der Waals surface area contributed by atoms with Crippen LogP contribution in [0.2, 0.25) is 0 Å². The first-order valence-electron chi connectivity index (χ1n) is 5.38. The average molecular weight is 222 g/mol. The second-order valence-electron chi connectivity index (χ2n) is 4.38. The fourth-order valence-corrected chi connectivity index (χ4v) is 1.86. The highest BCUT2D eigenvalue weighted by Crippen LogP contribution is 2.23. The van der Waals surface area contributed by atoms with Gasteiger partial charge in [0.25, 0.3) is 5.91 Å². The second-order valence-corrected chi connectivity index (χ2v) is 4.38. The smallest absolute Gasteiger partial charge is 0.253 e. The first-order valence-corrected chi connectivity index (χ1v) is 5.38. The third-order valence-corrected chi connectivity index (χ3v) is 3.09. The van der Waals surface area contributed by atoms with E-state index in [9.17, 15) is 9.18 Å². The van der Waals surface area contributed by atoms with Crippen LogP contribution in [0, 0.1) is 5.82 Å². The zero-order chi connectivity index (χ0) is 11.8. The first kappa shape index (κ1) is 11.1. The predicted molar refractivity (Wildman–Crippen MR) is 59.5 cm³/mol. The van der Waals surface area contributed by atoms with E-state index in [1.165, 1.54) is 24.3 Å². The number of carbonyl (C=O) groups excluding carboxylic acids is 1. The van der Waals surface area contributed by atoms with Crippen LogP contribution >= 0.6 is 0 Å². The van der Waals surface area contributed by atoms with Gasteiger partial charge in [-0.05, 0) is 30.7 Å². The normalized spacial score (nSPS) is 18.1. The Hall–Kier alpha value is -1.42. The average Bonchev–Trinajstić information content (AvgIpc) is 2.25. The molecule has 0 aliphatic carbocycles. The van der Waals surface area contributed by atoms with E-state index in [4.69, 9.17) is 5.73 Å². The van der Waals surface area contributed by atoms with Crippen LogP contribution in [0.3, 0.4) is 0 Å². The molecule has 1 aromatic rings. The number of nitrogens with zero attached hydrogens (tertiary/aromatic N) is 1. The van der Waals surface area contributed by atoms with Crippen LogP contribution in [0.15, 0.2) is 24.3 Å². The molecule has 0 unspecified atom stereocenters. The van der Waals surface area contributed by atoms with Crippen molar-refractivity contribution in [3.8, 4) is 0 Å². The Morgan fingerprint density at radius 2 is 2.00 bits per heavy atom. The highest BCUT2D eigenvalue weighted by Gasteiger charge is 2.40. The number of hydrogen-bond acceptors (Lipinski definition) is 2. The predicted octanol–water partition coefficient (Wildman–Crippen LogP) is 1.39. The fraction of sp³-hybridized carbons (Fsp3) is 0.417. The zero-order valence-electron chi connectivity index (χ0n) is 9.24. The molecule has 86 valence electrons. The van der Waals surface area contributed by atoms with Crippen molar-refractivity contribution in [1.29, 1.82) is 0 Å². The molecule has 4 heteroatoms. The Morgan fingerprint density at radius 1 is 1.44 bits per heavy atom. The summed E-state index contributed by atoms with van der Waals surface area (Å²) in [5.74, 6) is -0.406. The Morgan fingerprint density at radius 3 is 2.50 bits per heavy atom. The SMILES string of the molecule is CCC1(N)CN(C(=O)c2ccc(F)cc2)C1. The lowest BCUT2D eigenvalue weighted by Gasteiger charge is -2.47. The number of hydrogen-bond donors (Lipinski definition) is 1. The summed E-state index contributed by atoms with van der Waals surface area (Å²) in [6.45, 7) is 3.18. The van der Waals surface area contributed by atoms with Crippen LogP contribution < -0.4 is 5.73 Å². The van der Waals surface area contributed by atoms with Gasteiger partial charge in [0.1, 0.15) is 5.82 Å². The summed E-state index contributed by atoms with van der Waals surface area (Å²) in [5, 5.41) is 0. The molecule has 1 saturated heterocycles. The maximum Gasteiger partial charge on any atom is 0.253 e. The molecule has 0 bridgehead atoms. The van der Waals surface area contributed by atoms with E-state index < -0.39 is 0 Å². The molecule has 0 radical (unpaired) electrons. The van der Waals surface area contributed by atoms with Crippen molar-refractivity contribution in [2.24, 2.45) is 5.73 Å². The molecule has 0 aromatic heterocycles. The summed E-state index contributed by atoms with van der Waals surface area (Å²) in [5.41, 5.74) is 6.27. The largest absolute Gasteiger partial charge is 0.335 e. The van der Waals surface area contributed by atoms with E-state index in [1.54, 1.807) is 4.90 Å². The standard InChI is InChI=1S/C12H15FN2O/c1-2-12(14)7-15(8-12)11(16)9-3-5-10(13)6-4-9/h3-6H,2,7-8,14H2,1H3. The van der Waals surface area contributed by atoms with E-state index >= 15 is 0 Å². The molecule has 1 amide bonds. The molecule has 1 aromatic carbocycles. The Kier molecular flexibility index (Phi) is 2.68. The van der Waals surface area contributed by atoms with Crippen molar-refractivity contribution in [2.45, 2.75) is 18.9 Å². The molecule has 2 N–H and O–H groups in total. The number of nitrogens with two attached hydrogens (primary N) is 1. The van der Waals surface area contributed by atoms with E-state index in [1.807, 2.05) is 6.92 Å². The lowest BCUT2D eigenvalue weighted by Crippen LogP contribution is -2.68. The van der Waals surface area contributed by atoms with Crippen molar-refractivity contribution in [2.75, 3.05) is 13.1 Å². The minimum atomic E-state index is -0.332. The molecule has 1 aliphatic rings. The van der Waals surface area contributed by atoms with Gasteiger partial charge in [-0.1, -0.05) is 6.92 Å². The van der Waals surface area contributed by atoms with Crippen LogP contribution in [-0.4, -0.2) is 29.4 Å². The summed E-state index contributed by atoms with van der Waals surface area (Å²) in [6, 6.07) is 5.59. The van der Waals surface area contributed by atoms with Gasteiger partial charge in [-0.3, -0.25) is 4.79 Å². The van der Waals surface area contributed by atoms with Crippen molar-refractivity contribution >= 4 is 5.91 Å².